The highest BCUT2D eigenvalue weighted by Crippen LogP contribution is 2.23. The number of nitrogens with one attached hydrogen (secondary N) is 1. The van der Waals surface area contributed by atoms with Crippen molar-refractivity contribution in [3.63, 3.8) is 0 Å². The van der Waals surface area contributed by atoms with Crippen LogP contribution in [-0.2, 0) is 0 Å². The summed E-state index contributed by atoms with van der Waals surface area (Å²) in [7, 11) is 1.51. The summed E-state index contributed by atoms with van der Waals surface area (Å²) in [5.41, 5.74) is 0. The average Bonchev–Trinajstić information content (AvgIpc) is 2.81. The Bertz CT molecular complexity index is 356. The minimum Gasteiger partial charge on any atom is -0.476 e. The minimum absolute atomic E-state index is 0.268. The lowest BCUT2D eigenvalue weighted by molar-refractivity contribution is 0.246. The molecule has 1 saturated heterocycles. The molecule has 0 radical (unpaired) electrons. The summed E-state index contributed by atoms with van der Waals surface area (Å²) in [4.78, 5) is 7.92. The van der Waals surface area contributed by atoms with Gasteiger partial charge in [0.15, 0.2) is 0 Å². The summed E-state index contributed by atoms with van der Waals surface area (Å²) in [6.07, 6.45) is 2.61. The Morgan fingerprint density at radius 1 is 1.62 bits per heavy atom. The van der Waals surface area contributed by atoms with Crippen molar-refractivity contribution in [3.8, 4) is 11.9 Å². The van der Waals surface area contributed by atoms with Crippen LogP contribution in [0.3, 0.4) is 0 Å². The number of halogens is 1. The second kappa shape index (κ2) is 5.32. The van der Waals surface area contributed by atoms with Gasteiger partial charge in [0, 0.05) is 12.5 Å². The molecule has 0 aromatic carbocycles. The first-order valence-electron chi connectivity index (χ1n) is 5.19. The molecule has 2 rings (SSSR count). The first-order valence-corrected chi connectivity index (χ1v) is 5.57. The van der Waals surface area contributed by atoms with Gasteiger partial charge in [-0.3, -0.25) is 0 Å². The van der Waals surface area contributed by atoms with Crippen LogP contribution in [0.1, 0.15) is 6.42 Å². The highest BCUT2D eigenvalue weighted by Gasteiger charge is 2.16. The Balaban J connectivity index is 1.96. The molecule has 1 aromatic rings. The standard InChI is InChI=1S/C10H14ClN3O2/c1-15-10-13-5-8(11)9(14-10)16-6-7-2-3-12-4-7/h5,7,12H,2-4,6H2,1H3. The Hall–Kier alpha value is -1.07. The maximum atomic E-state index is 5.92. The molecule has 2 heterocycles. The van der Waals surface area contributed by atoms with Crippen molar-refractivity contribution >= 4 is 11.6 Å². The largest absolute Gasteiger partial charge is 0.476 e. The molecule has 0 bridgehead atoms. The molecule has 1 atom stereocenters. The van der Waals surface area contributed by atoms with Crippen molar-refractivity contribution in [2.24, 2.45) is 5.92 Å². The van der Waals surface area contributed by atoms with Crippen LogP contribution in [0.25, 0.3) is 0 Å². The van der Waals surface area contributed by atoms with Crippen LogP contribution in [0.15, 0.2) is 6.20 Å². The van der Waals surface area contributed by atoms with E-state index in [1.807, 2.05) is 0 Å². The molecule has 0 spiro atoms. The van der Waals surface area contributed by atoms with Gasteiger partial charge in [-0.15, -0.1) is 0 Å². The van der Waals surface area contributed by atoms with E-state index < -0.39 is 0 Å². The third-order valence-corrected chi connectivity index (χ3v) is 2.75. The Labute approximate surface area is 99.1 Å². The lowest BCUT2D eigenvalue weighted by Crippen LogP contribution is -2.16. The molecule has 0 saturated carbocycles. The van der Waals surface area contributed by atoms with Crippen molar-refractivity contribution in [1.29, 1.82) is 0 Å². The van der Waals surface area contributed by atoms with Crippen LogP contribution in [-0.4, -0.2) is 36.8 Å². The zero-order valence-corrected chi connectivity index (χ0v) is 9.83. The molecule has 0 amide bonds. The fraction of sp³-hybridized carbons (Fsp3) is 0.600. The van der Waals surface area contributed by atoms with Crippen LogP contribution in [0.5, 0.6) is 11.9 Å². The SMILES string of the molecule is COc1ncc(Cl)c(OCC2CCNC2)n1. The zero-order valence-electron chi connectivity index (χ0n) is 9.07. The van der Waals surface area contributed by atoms with E-state index in [0.29, 0.717) is 23.4 Å². The highest BCUT2D eigenvalue weighted by molar-refractivity contribution is 6.31. The second-order valence-corrected chi connectivity index (χ2v) is 4.09. The quantitative estimate of drug-likeness (QED) is 0.859. The zero-order chi connectivity index (χ0) is 11.4. The van der Waals surface area contributed by atoms with E-state index in [1.165, 1.54) is 13.3 Å². The predicted molar refractivity (Wildman–Crippen MR) is 60.1 cm³/mol. The van der Waals surface area contributed by atoms with Gasteiger partial charge in [0.05, 0.1) is 19.9 Å². The maximum absolute atomic E-state index is 5.92. The van der Waals surface area contributed by atoms with Gasteiger partial charge >= 0.3 is 6.01 Å². The number of aromatic nitrogens is 2. The molecular weight excluding hydrogens is 230 g/mol. The Morgan fingerprint density at radius 2 is 2.50 bits per heavy atom. The van der Waals surface area contributed by atoms with Gasteiger partial charge < -0.3 is 14.8 Å². The molecule has 16 heavy (non-hydrogen) atoms. The molecule has 0 aliphatic carbocycles. The highest BCUT2D eigenvalue weighted by atomic mass is 35.5. The number of ether oxygens (including phenoxy) is 2. The number of rotatable bonds is 4. The number of methoxy groups -OCH3 is 1. The van der Waals surface area contributed by atoms with Crippen LogP contribution < -0.4 is 14.8 Å². The molecule has 6 heteroatoms. The van der Waals surface area contributed by atoms with Crippen molar-refractivity contribution in [2.75, 3.05) is 26.8 Å². The lowest BCUT2D eigenvalue weighted by Gasteiger charge is -2.11. The smallest absolute Gasteiger partial charge is 0.319 e. The van der Waals surface area contributed by atoms with Crippen LogP contribution in [0, 0.1) is 5.92 Å². The molecular formula is C10H14ClN3O2. The van der Waals surface area contributed by atoms with Crippen LogP contribution >= 0.6 is 11.6 Å². The van der Waals surface area contributed by atoms with Crippen molar-refractivity contribution < 1.29 is 9.47 Å². The van der Waals surface area contributed by atoms with Gasteiger partial charge in [-0.05, 0) is 13.0 Å². The first-order chi connectivity index (χ1) is 7.79. The molecule has 88 valence electrons. The molecule has 1 aliphatic rings. The van der Waals surface area contributed by atoms with E-state index in [1.54, 1.807) is 0 Å². The van der Waals surface area contributed by atoms with E-state index in [2.05, 4.69) is 15.3 Å². The van der Waals surface area contributed by atoms with E-state index in [0.717, 1.165) is 19.5 Å². The summed E-state index contributed by atoms with van der Waals surface area (Å²) < 4.78 is 10.5. The fourth-order valence-electron chi connectivity index (χ4n) is 1.59. The summed E-state index contributed by atoms with van der Waals surface area (Å²) in [6.45, 7) is 2.65. The fourth-order valence-corrected chi connectivity index (χ4v) is 1.73. The van der Waals surface area contributed by atoms with Crippen molar-refractivity contribution in [1.82, 2.24) is 15.3 Å². The van der Waals surface area contributed by atoms with Gasteiger partial charge in [0.2, 0.25) is 5.88 Å². The van der Waals surface area contributed by atoms with Gasteiger partial charge in [0.1, 0.15) is 5.02 Å². The van der Waals surface area contributed by atoms with E-state index >= 15 is 0 Å². The summed E-state index contributed by atoms with van der Waals surface area (Å²) in [5.74, 6) is 0.914. The van der Waals surface area contributed by atoms with E-state index in [4.69, 9.17) is 21.1 Å². The molecule has 1 fully saturated rings. The van der Waals surface area contributed by atoms with Gasteiger partial charge in [0.25, 0.3) is 0 Å². The van der Waals surface area contributed by atoms with Crippen molar-refractivity contribution in [3.05, 3.63) is 11.2 Å². The Kier molecular flexibility index (Phi) is 3.79. The molecule has 1 unspecified atom stereocenters. The molecule has 1 aliphatic heterocycles. The summed E-state index contributed by atoms with van der Waals surface area (Å²) in [5, 5.41) is 3.68. The van der Waals surface area contributed by atoms with E-state index in [9.17, 15) is 0 Å². The summed E-state index contributed by atoms with van der Waals surface area (Å²) >= 11 is 5.92. The number of hydrogen-bond acceptors (Lipinski definition) is 5. The van der Waals surface area contributed by atoms with Gasteiger partial charge in [-0.1, -0.05) is 11.6 Å². The third-order valence-electron chi connectivity index (χ3n) is 2.49. The van der Waals surface area contributed by atoms with Crippen molar-refractivity contribution in [2.45, 2.75) is 6.42 Å². The molecule has 1 aromatic heterocycles. The normalized spacial score (nSPS) is 19.8. The topological polar surface area (TPSA) is 56.3 Å². The van der Waals surface area contributed by atoms with Crippen LogP contribution in [0.2, 0.25) is 5.02 Å². The minimum atomic E-state index is 0.268. The average molecular weight is 244 g/mol. The molecule has 5 nitrogen and oxygen atoms in total. The number of nitrogens with zero attached hydrogens (tertiary/aromatic N) is 2. The lowest BCUT2D eigenvalue weighted by atomic mass is 10.1. The van der Waals surface area contributed by atoms with Gasteiger partial charge in [-0.25, -0.2) is 4.98 Å². The third kappa shape index (κ3) is 2.74. The predicted octanol–water partition coefficient (Wildman–Crippen LogP) is 1.13. The monoisotopic (exact) mass is 243 g/mol. The Morgan fingerprint density at radius 3 is 3.19 bits per heavy atom. The van der Waals surface area contributed by atoms with E-state index in [-0.39, 0.29) is 6.01 Å². The molecule has 1 N–H and O–H groups in total. The number of hydrogen-bond donors (Lipinski definition) is 1. The maximum Gasteiger partial charge on any atom is 0.319 e. The second-order valence-electron chi connectivity index (χ2n) is 3.68. The first kappa shape index (κ1) is 11.4. The van der Waals surface area contributed by atoms with Crippen LogP contribution in [0.4, 0.5) is 0 Å². The van der Waals surface area contributed by atoms with Gasteiger partial charge in [-0.2, -0.15) is 4.98 Å². The summed E-state index contributed by atoms with van der Waals surface area (Å²) in [6, 6.07) is 0.268.